The third-order valence-corrected chi connectivity index (χ3v) is 2.23. The molecule has 1 rings (SSSR count). The lowest BCUT2D eigenvalue weighted by molar-refractivity contribution is -0.121. The maximum atomic E-state index is 11.5. The van der Waals surface area contributed by atoms with Crippen molar-refractivity contribution >= 4 is 11.6 Å². The van der Waals surface area contributed by atoms with Crippen molar-refractivity contribution in [2.45, 2.75) is 13.0 Å². The molecule has 1 atom stereocenters. The number of hydrogen-bond donors (Lipinski definition) is 2. The van der Waals surface area contributed by atoms with Gasteiger partial charge in [-0.05, 0) is 31.2 Å². The first-order valence-electron chi connectivity index (χ1n) is 5.29. The third-order valence-electron chi connectivity index (χ3n) is 2.23. The lowest BCUT2D eigenvalue weighted by Gasteiger charge is -2.14. The van der Waals surface area contributed by atoms with Gasteiger partial charge >= 0.3 is 0 Å². The van der Waals surface area contributed by atoms with Crippen molar-refractivity contribution in [1.29, 1.82) is 0 Å². The Morgan fingerprint density at radius 3 is 2.65 bits per heavy atom. The second-order valence-corrected chi connectivity index (χ2v) is 3.52. The van der Waals surface area contributed by atoms with Crippen LogP contribution in [0.1, 0.15) is 6.92 Å². The highest BCUT2D eigenvalue weighted by atomic mass is 16.5. The van der Waals surface area contributed by atoms with Gasteiger partial charge in [0.15, 0.2) is 0 Å². The van der Waals surface area contributed by atoms with E-state index in [0.29, 0.717) is 0 Å². The molecule has 0 saturated carbocycles. The number of terminal acetylenes is 1. The summed E-state index contributed by atoms with van der Waals surface area (Å²) in [4.78, 5) is 11.5. The number of benzene rings is 1. The van der Waals surface area contributed by atoms with E-state index in [1.165, 1.54) is 0 Å². The Labute approximate surface area is 101 Å². The fraction of sp³-hybridized carbons (Fsp3) is 0.308. The van der Waals surface area contributed by atoms with E-state index >= 15 is 0 Å². The van der Waals surface area contributed by atoms with E-state index in [-0.39, 0.29) is 18.5 Å². The van der Waals surface area contributed by atoms with Crippen molar-refractivity contribution in [2.24, 2.45) is 0 Å². The zero-order valence-electron chi connectivity index (χ0n) is 9.99. The van der Waals surface area contributed by atoms with Gasteiger partial charge in [-0.1, -0.05) is 5.92 Å². The molecule has 0 aliphatic rings. The van der Waals surface area contributed by atoms with Crippen LogP contribution in [0.15, 0.2) is 24.3 Å². The van der Waals surface area contributed by atoms with Crippen LogP contribution >= 0.6 is 0 Å². The zero-order valence-corrected chi connectivity index (χ0v) is 9.99. The highest BCUT2D eigenvalue weighted by molar-refractivity contribution is 5.84. The number of carbonyl (C=O) groups is 1. The summed E-state index contributed by atoms with van der Waals surface area (Å²) in [6.45, 7) is 2.02. The fourth-order valence-corrected chi connectivity index (χ4v) is 1.29. The van der Waals surface area contributed by atoms with Crippen LogP contribution in [0.25, 0.3) is 0 Å². The summed E-state index contributed by atoms with van der Waals surface area (Å²) in [5, 5.41) is 5.68. The highest BCUT2D eigenvalue weighted by Crippen LogP contribution is 2.15. The summed E-state index contributed by atoms with van der Waals surface area (Å²) >= 11 is 0. The summed E-state index contributed by atoms with van der Waals surface area (Å²) < 4.78 is 5.05. The normalized spacial score (nSPS) is 11.1. The highest BCUT2D eigenvalue weighted by Gasteiger charge is 2.11. The minimum Gasteiger partial charge on any atom is -0.497 e. The van der Waals surface area contributed by atoms with Gasteiger partial charge in [0.2, 0.25) is 5.91 Å². The topological polar surface area (TPSA) is 50.4 Å². The largest absolute Gasteiger partial charge is 0.497 e. The van der Waals surface area contributed by atoms with Crippen LogP contribution in [0.2, 0.25) is 0 Å². The maximum absolute atomic E-state index is 11.5. The molecule has 0 spiro atoms. The Bertz CT molecular complexity index is 406. The van der Waals surface area contributed by atoms with Crippen molar-refractivity contribution in [1.82, 2.24) is 5.32 Å². The first-order valence-corrected chi connectivity index (χ1v) is 5.29. The monoisotopic (exact) mass is 232 g/mol. The molecule has 0 radical (unpaired) electrons. The fourth-order valence-electron chi connectivity index (χ4n) is 1.29. The molecule has 4 heteroatoms. The molecule has 1 amide bonds. The van der Waals surface area contributed by atoms with Gasteiger partial charge in [-0.15, -0.1) is 6.42 Å². The molecular formula is C13H16N2O2. The molecule has 1 aromatic rings. The number of carbonyl (C=O) groups excluding carboxylic acids is 1. The second-order valence-electron chi connectivity index (χ2n) is 3.52. The van der Waals surface area contributed by atoms with Crippen molar-refractivity contribution in [3.63, 3.8) is 0 Å². The first-order chi connectivity index (χ1) is 8.17. The van der Waals surface area contributed by atoms with Crippen molar-refractivity contribution in [2.75, 3.05) is 19.0 Å². The summed E-state index contributed by atoms with van der Waals surface area (Å²) in [7, 11) is 1.61. The molecule has 0 aromatic heterocycles. The number of methoxy groups -OCH3 is 1. The van der Waals surface area contributed by atoms with E-state index in [1.807, 2.05) is 24.3 Å². The summed E-state index contributed by atoms with van der Waals surface area (Å²) in [6.07, 6.45) is 5.06. The molecule has 0 unspecified atom stereocenters. The summed E-state index contributed by atoms with van der Waals surface area (Å²) in [5.41, 5.74) is 0.856. The lowest BCUT2D eigenvalue weighted by atomic mass is 10.2. The average Bonchev–Trinajstić information content (AvgIpc) is 2.36. The second kappa shape index (κ2) is 6.44. The predicted octanol–water partition coefficient (Wildman–Crippen LogP) is 1.24. The van der Waals surface area contributed by atoms with E-state index in [9.17, 15) is 4.79 Å². The van der Waals surface area contributed by atoms with Gasteiger partial charge in [0.25, 0.3) is 0 Å². The standard InChI is InChI=1S/C13H16N2O2/c1-4-9-14-13(16)10(2)15-11-5-7-12(17-3)8-6-11/h1,5-8,10,15H,9H2,2-3H3,(H,14,16)/t10-/m1/s1. The Hall–Kier alpha value is -2.15. The van der Waals surface area contributed by atoms with Gasteiger partial charge < -0.3 is 15.4 Å². The molecular weight excluding hydrogens is 216 g/mol. The molecule has 1 aromatic carbocycles. The number of amides is 1. The molecule has 0 heterocycles. The van der Waals surface area contributed by atoms with Crippen LogP contribution in [0.4, 0.5) is 5.69 Å². The van der Waals surface area contributed by atoms with E-state index in [2.05, 4.69) is 16.6 Å². The molecule has 4 nitrogen and oxygen atoms in total. The van der Waals surface area contributed by atoms with E-state index in [1.54, 1.807) is 14.0 Å². The van der Waals surface area contributed by atoms with Crippen LogP contribution in [0.3, 0.4) is 0 Å². The smallest absolute Gasteiger partial charge is 0.242 e. The van der Waals surface area contributed by atoms with Gasteiger partial charge in [0.1, 0.15) is 11.8 Å². The molecule has 0 aliphatic heterocycles. The molecule has 0 fully saturated rings. The molecule has 90 valence electrons. The van der Waals surface area contributed by atoms with E-state index < -0.39 is 0 Å². The molecule has 0 saturated heterocycles. The first kappa shape index (κ1) is 12.9. The molecule has 2 N–H and O–H groups in total. The van der Waals surface area contributed by atoms with Gasteiger partial charge in [-0.2, -0.15) is 0 Å². The summed E-state index contributed by atoms with van der Waals surface area (Å²) in [6, 6.07) is 7.02. The predicted molar refractivity (Wildman–Crippen MR) is 67.9 cm³/mol. The zero-order chi connectivity index (χ0) is 12.7. The third kappa shape index (κ3) is 4.07. The Kier molecular flexibility index (Phi) is 4.89. The Morgan fingerprint density at radius 2 is 2.12 bits per heavy atom. The molecule has 0 aliphatic carbocycles. The van der Waals surface area contributed by atoms with Gasteiger partial charge in [-0.3, -0.25) is 4.79 Å². The number of rotatable bonds is 5. The van der Waals surface area contributed by atoms with E-state index in [0.717, 1.165) is 11.4 Å². The van der Waals surface area contributed by atoms with Crippen LogP contribution in [-0.2, 0) is 4.79 Å². The maximum Gasteiger partial charge on any atom is 0.242 e. The lowest BCUT2D eigenvalue weighted by Crippen LogP contribution is -2.37. The van der Waals surface area contributed by atoms with Crippen LogP contribution < -0.4 is 15.4 Å². The minimum absolute atomic E-state index is 0.126. The Morgan fingerprint density at radius 1 is 1.47 bits per heavy atom. The SMILES string of the molecule is C#CCNC(=O)[C@@H](C)Nc1ccc(OC)cc1. The van der Waals surface area contributed by atoms with Crippen molar-refractivity contribution in [3.05, 3.63) is 24.3 Å². The van der Waals surface area contributed by atoms with Crippen LogP contribution in [-0.4, -0.2) is 25.6 Å². The van der Waals surface area contributed by atoms with Gasteiger partial charge in [0, 0.05) is 5.69 Å². The quantitative estimate of drug-likeness (QED) is 0.751. The number of hydrogen-bond acceptors (Lipinski definition) is 3. The van der Waals surface area contributed by atoms with Gasteiger partial charge in [0.05, 0.1) is 13.7 Å². The minimum atomic E-state index is -0.336. The summed E-state index contributed by atoms with van der Waals surface area (Å²) in [5.74, 6) is 3.01. The average molecular weight is 232 g/mol. The Balaban J connectivity index is 2.52. The van der Waals surface area contributed by atoms with Crippen LogP contribution in [0, 0.1) is 12.3 Å². The van der Waals surface area contributed by atoms with E-state index in [4.69, 9.17) is 11.2 Å². The van der Waals surface area contributed by atoms with Crippen molar-refractivity contribution in [3.8, 4) is 18.1 Å². The number of anilines is 1. The number of ether oxygens (including phenoxy) is 1. The van der Waals surface area contributed by atoms with Crippen LogP contribution in [0.5, 0.6) is 5.75 Å². The molecule has 17 heavy (non-hydrogen) atoms. The van der Waals surface area contributed by atoms with Crippen molar-refractivity contribution < 1.29 is 9.53 Å². The molecule has 0 bridgehead atoms. The number of nitrogens with one attached hydrogen (secondary N) is 2. The van der Waals surface area contributed by atoms with Gasteiger partial charge in [-0.25, -0.2) is 0 Å².